The van der Waals surface area contributed by atoms with Crippen LogP contribution < -0.4 is 5.73 Å². The van der Waals surface area contributed by atoms with Gasteiger partial charge in [-0.25, -0.2) is 0 Å². The van der Waals surface area contributed by atoms with Crippen LogP contribution in [0.3, 0.4) is 0 Å². The van der Waals surface area contributed by atoms with Crippen molar-refractivity contribution in [1.82, 2.24) is 4.90 Å². The van der Waals surface area contributed by atoms with E-state index in [2.05, 4.69) is 36.1 Å². The molecule has 0 bridgehead atoms. The van der Waals surface area contributed by atoms with Crippen molar-refractivity contribution < 1.29 is 0 Å². The summed E-state index contributed by atoms with van der Waals surface area (Å²) in [6, 6.07) is 9.55. The number of hydrogen-bond acceptors (Lipinski definition) is 2. The molecular formula is C16H24N2. The van der Waals surface area contributed by atoms with Gasteiger partial charge < -0.3 is 5.73 Å². The molecule has 98 valence electrons. The van der Waals surface area contributed by atoms with Gasteiger partial charge in [-0.1, -0.05) is 24.3 Å². The van der Waals surface area contributed by atoms with Crippen LogP contribution in [-0.2, 0) is 0 Å². The Hall–Kier alpha value is -0.860. The molecule has 0 spiro atoms. The Kier molecular flexibility index (Phi) is 3.40. The fourth-order valence-electron chi connectivity index (χ4n) is 2.80. The standard InChI is InChI=1S/C16H24N2/c1-12-4-2-3-5-15(12)16(17)11-18(14-8-9-14)10-13-6-7-13/h2-5,13-14,16H,6-11,17H2,1H3. The first-order valence-corrected chi connectivity index (χ1v) is 7.29. The first-order valence-electron chi connectivity index (χ1n) is 7.29. The molecule has 0 heterocycles. The quantitative estimate of drug-likeness (QED) is 0.833. The number of rotatable bonds is 6. The van der Waals surface area contributed by atoms with Crippen molar-refractivity contribution in [3.05, 3.63) is 35.4 Å². The summed E-state index contributed by atoms with van der Waals surface area (Å²) in [6.45, 7) is 4.48. The van der Waals surface area contributed by atoms with Crippen molar-refractivity contribution in [2.24, 2.45) is 11.7 Å². The molecule has 0 aromatic heterocycles. The predicted molar refractivity (Wildman–Crippen MR) is 75.4 cm³/mol. The maximum Gasteiger partial charge on any atom is 0.0427 e. The smallest absolute Gasteiger partial charge is 0.0427 e. The van der Waals surface area contributed by atoms with Crippen LogP contribution in [0.1, 0.15) is 42.9 Å². The monoisotopic (exact) mass is 244 g/mol. The Balaban J connectivity index is 1.64. The van der Waals surface area contributed by atoms with Crippen molar-refractivity contribution in [2.75, 3.05) is 13.1 Å². The highest BCUT2D eigenvalue weighted by Crippen LogP contribution is 2.35. The third-order valence-electron chi connectivity index (χ3n) is 4.27. The van der Waals surface area contributed by atoms with Gasteiger partial charge in [-0.15, -0.1) is 0 Å². The Morgan fingerprint density at radius 3 is 2.56 bits per heavy atom. The van der Waals surface area contributed by atoms with E-state index in [9.17, 15) is 0 Å². The lowest BCUT2D eigenvalue weighted by atomic mass is 10.0. The van der Waals surface area contributed by atoms with E-state index >= 15 is 0 Å². The molecule has 0 amide bonds. The maximum atomic E-state index is 6.42. The highest BCUT2D eigenvalue weighted by molar-refractivity contribution is 5.28. The molecule has 1 aromatic carbocycles. The van der Waals surface area contributed by atoms with Crippen molar-refractivity contribution in [1.29, 1.82) is 0 Å². The molecule has 0 saturated heterocycles. The second-order valence-corrected chi connectivity index (χ2v) is 6.09. The van der Waals surface area contributed by atoms with Crippen LogP contribution in [0.2, 0.25) is 0 Å². The first-order chi connectivity index (χ1) is 8.74. The normalized spacial score (nSPS) is 21.3. The minimum Gasteiger partial charge on any atom is -0.323 e. The number of nitrogens with zero attached hydrogens (tertiary/aromatic N) is 1. The highest BCUT2D eigenvalue weighted by atomic mass is 15.2. The lowest BCUT2D eigenvalue weighted by Gasteiger charge is -2.26. The Morgan fingerprint density at radius 2 is 1.94 bits per heavy atom. The van der Waals surface area contributed by atoms with Gasteiger partial charge >= 0.3 is 0 Å². The fourth-order valence-corrected chi connectivity index (χ4v) is 2.80. The van der Waals surface area contributed by atoms with E-state index in [1.807, 2.05) is 0 Å². The van der Waals surface area contributed by atoms with Crippen LogP contribution in [0.4, 0.5) is 0 Å². The lowest BCUT2D eigenvalue weighted by Crippen LogP contribution is -2.35. The van der Waals surface area contributed by atoms with E-state index in [-0.39, 0.29) is 6.04 Å². The van der Waals surface area contributed by atoms with E-state index < -0.39 is 0 Å². The largest absolute Gasteiger partial charge is 0.323 e. The van der Waals surface area contributed by atoms with E-state index in [1.54, 1.807) is 0 Å². The third-order valence-corrected chi connectivity index (χ3v) is 4.27. The Labute approximate surface area is 110 Å². The van der Waals surface area contributed by atoms with E-state index in [1.165, 1.54) is 43.4 Å². The van der Waals surface area contributed by atoms with Crippen molar-refractivity contribution in [3.8, 4) is 0 Å². The number of aryl methyl sites for hydroxylation is 1. The third kappa shape index (κ3) is 2.93. The molecule has 2 fully saturated rings. The van der Waals surface area contributed by atoms with Crippen molar-refractivity contribution >= 4 is 0 Å². The zero-order valence-corrected chi connectivity index (χ0v) is 11.3. The highest BCUT2D eigenvalue weighted by Gasteiger charge is 2.34. The summed E-state index contributed by atoms with van der Waals surface area (Å²) < 4.78 is 0. The van der Waals surface area contributed by atoms with Crippen LogP contribution in [0.15, 0.2) is 24.3 Å². The molecule has 2 saturated carbocycles. The van der Waals surface area contributed by atoms with Gasteiger partial charge in [0.2, 0.25) is 0 Å². The second-order valence-electron chi connectivity index (χ2n) is 6.09. The fraction of sp³-hybridized carbons (Fsp3) is 0.625. The van der Waals surface area contributed by atoms with Crippen LogP contribution in [0.5, 0.6) is 0 Å². The summed E-state index contributed by atoms with van der Waals surface area (Å²) >= 11 is 0. The topological polar surface area (TPSA) is 29.3 Å². The molecule has 18 heavy (non-hydrogen) atoms. The minimum atomic E-state index is 0.172. The molecule has 0 aliphatic heterocycles. The molecule has 0 radical (unpaired) electrons. The summed E-state index contributed by atoms with van der Waals surface area (Å²) in [6.07, 6.45) is 5.63. The van der Waals surface area contributed by atoms with Gasteiger partial charge in [-0.05, 0) is 49.7 Å². The summed E-state index contributed by atoms with van der Waals surface area (Å²) in [5.41, 5.74) is 9.06. The van der Waals surface area contributed by atoms with E-state index in [0.29, 0.717) is 0 Å². The molecule has 3 rings (SSSR count). The average Bonchev–Trinajstić information content (AvgIpc) is 3.22. The summed E-state index contributed by atoms with van der Waals surface area (Å²) in [7, 11) is 0. The summed E-state index contributed by atoms with van der Waals surface area (Å²) in [4.78, 5) is 2.65. The van der Waals surface area contributed by atoms with Gasteiger partial charge in [-0.3, -0.25) is 4.90 Å². The van der Waals surface area contributed by atoms with Gasteiger partial charge in [0.05, 0.1) is 0 Å². The van der Waals surface area contributed by atoms with Crippen molar-refractivity contribution in [3.63, 3.8) is 0 Å². The molecule has 2 aliphatic rings. The van der Waals surface area contributed by atoms with Crippen LogP contribution >= 0.6 is 0 Å². The van der Waals surface area contributed by atoms with Gasteiger partial charge in [0.25, 0.3) is 0 Å². The number of benzene rings is 1. The average molecular weight is 244 g/mol. The van der Waals surface area contributed by atoms with Crippen LogP contribution in [0, 0.1) is 12.8 Å². The van der Waals surface area contributed by atoms with Gasteiger partial charge in [0.15, 0.2) is 0 Å². The minimum absolute atomic E-state index is 0.172. The van der Waals surface area contributed by atoms with Gasteiger partial charge in [0.1, 0.15) is 0 Å². The summed E-state index contributed by atoms with van der Waals surface area (Å²) in [5, 5.41) is 0. The first kappa shape index (κ1) is 12.2. The number of hydrogen-bond donors (Lipinski definition) is 1. The Bertz CT molecular complexity index is 407. The van der Waals surface area contributed by atoms with Crippen molar-refractivity contribution in [2.45, 2.75) is 44.7 Å². The van der Waals surface area contributed by atoms with Crippen LogP contribution in [-0.4, -0.2) is 24.0 Å². The SMILES string of the molecule is Cc1ccccc1C(N)CN(CC1CC1)C1CC1. The van der Waals surface area contributed by atoms with Gasteiger partial charge in [-0.2, -0.15) is 0 Å². The molecule has 2 N–H and O–H groups in total. The molecule has 2 nitrogen and oxygen atoms in total. The molecule has 2 heteroatoms. The second kappa shape index (κ2) is 5.02. The zero-order valence-electron chi connectivity index (χ0n) is 11.3. The van der Waals surface area contributed by atoms with Crippen LogP contribution in [0.25, 0.3) is 0 Å². The Morgan fingerprint density at radius 1 is 1.22 bits per heavy atom. The molecular weight excluding hydrogens is 220 g/mol. The maximum absolute atomic E-state index is 6.42. The molecule has 1 aromatic rings. The van der Waals surface area contributed by atoms with E-state index in [0.717, 1.165) is 18.5 Å². The predicted octanol–water partition coefficient (Wildman–Crippen LogP) is 2.87. The molecule has 1 atom stereocenters. The van der Waals surface area contributed by atoms with E-state index in [4.69, 9.17) is 5.73 Å². The van der Waals surface area contributed by atoms with Gasteiger partial charge in [0, 0.05) is 25.2 Å². The molecule has 1 unspecified atom stereocenters. The lowest BCUT2D eigenvalue weighted by molar-refractivity contribution is 0.237. The summed E-state index contributed by atoms with van der Waals surface area (Å²) in [5.74, 6) is 0.967. The zero-order chi connectivity index (χ0) is 12.5. The molecule has 2 aliphatic carbocycles. The number of nitrogens with two attached hydrogens (primary N) is 1.